The molecule has 24 heavy (non-hydrogen) atoms. The summed E-state index contributed by atoms with van der Waals surface area (Å²) in [5.74, 6) is -1.26. The first-order valence-corrected chi connectivity index (χ1v) is 8.27. The van der Waals surface area contributed by atoms with Crippen molar-refractivity contribution in [3.05, 3.63) is 28.3 Å². The van der Waals surface area contributed by atoms with Crippen LogP contribution in [0.25, 0.3) is 10.6 Å². The van der Waals surface area contributed by atoms with Gasteiger partial charge in [0.25, 0.3) is 5.91 Å². The number of amides is 1. The van der Waals surface area contributed by atoms with Crippen LogP contribution in [-0.2, 0) is 6.18 Å². The summed E-state index contributed by atoms with van der Waals surface area (Å²) >= 11 is 1.11. The first-order chi connectivity index (χ1) is 11.3. The molecule has 0 spiro atoms. The number of nitrogens with zero attached hydrogens (tertiary/aromatic N) is 2. The second-order valence-corrected chi connectivity index (χ2v) is 6.88. The molecule has 1 unspecified atom stereocenters. The van der Waals surface area contributed by atoms with E-state index in [2.05, 4.69) is 9.68 Å². The van der Waals surface area contributed by atoms with E-state index in [0.717, 1.165) is 24.2 Å². The maximum atomic E-state index is 12.8. The Morgan fingerprint density at radius 3 is 2.83 bits per heavy atom. The average Bonchev–Trinajstić information content (AvgIpc) is 3.12. The van der Waals surface area contributed by atoms with Crippen LogP contribution < -0.4 is 5.73 Å². The number of nitrogens with two attached hydrogens (primary N) is 1. The van der Waals surface area contributed by atoms with Gasteiger partial charge in [-0.25, -0.2) is 0 Å². The molecular weight excluding hydrogens is 343 g/mol. The largest absolute Gasteiger partial charge is 0.452 e. The van der Waals surface area contributed by atoms with E-state index in [1.54, 1.807) is 17.0 Å². The Labute approximate surface area is 140 Å². The normalized spacial score (nSPS) is 18.9. The number of aromatic nitrogens is 1. The van der Waals surface area contributed by atoms with Gasteiger partial charge in [0, 0.05) is 24.7 Å². The van der Waals surface area contributed by atoms with E-state index in [4.69, 9.17) is 5.73 Å². The molecule has 1 amide bonds. The van der Waals surface area contributed by atoms with Crippen molar-refractivity contribution in [3.63, 3.8) is 0 Å². The molecule has 1 aliphatic rings. The van der Waals surface area contributed by atoms with Gasteiger partial charge >= 0.3 is 6.18 Å². The predicted octanol–water partition coefficient (Wildman–Crippen LogP) is 3.29. The number of alkyl halides is 3. The topological polar surface area (TPSA) is 72.4 Å². The van der Waals surface area contributed by atoms with E-state index >= 15 is 0 Å². The second kappa shape index (κ2) is 6.21. The summed E-state index contributed by atoms with van der Waals surface area (Å²) in [5.41, 5.74) is 5.91. The van der Waals surface area contributed by atoms with Crippen molar-refractivity contribution in [2.75, 3.05) is 13.1 Å². The maximum Gasteiger partial charge on any atom is 0.452 e. The minimum absolute atomic E-state index is 0.0331. The summed E-state index contributed by atoms with van der Waals surface area (Å²) in [6.07, 6.45) is -2.85. The number of hydrogen-bond acceptors (Lipinski definition) is 5. The third kappa shape index (κ3) is 3.18. The molecule has 1 aliphatic heterocycles. The molecule has 9 heteroatoms. The predicted molar refractivity (Wildman–Crippen MR) is 82.7 cm³/mol. The van der Waals surface area contributed by atoms with Crippen molar-refractivity contribution in [2.24, 2.45) is 5.73 Å². The summed E-state index contributed by atoms with van der Waals surface area (Å²) < 4.78 is 42.8. The number of carbonyl (C=O) groups is 1. The van der Waals surface area contributed by atoms with Gasteiger partial charge in [-0.05, 0) is 31.9 Å². The van der Waals surface area contributed by atoms with Crippen LogP contribution in [0.2, 0.25) is 0 Å². The highest BCUT2D eigenvalue weighted by atomic mass is 32.1. The van der Waals surface area contributed by atoms with E-state index < -0.39 is 11.9 Å². The smallest absolute Gasteiger partial charge is 0.351 e. The van der Waals surface area contributed by atoms with Gasteiger partial charge in [0.05, 0.1) is 9.75 Å². The van der Waals surface area contributed by atoms with Crippen molar-refractivity contribution in [1.82, 2.24) is 10.1 Å². The highest BCUT2D eigenvalue weighted by Crippen LogP contribution is 2.38. The number of hydrogen-bond donors (Lipinski definition) is 1. The standard InChI is InChI=1S/C15H16F3N3O2S/c1-8-12(20-23-13(8)15(16,17)18)10-4-5-11(24-10)14(22)21-6-2-3-9(19)7-21/h4-5,9H,2-3,6-7,19H2,1H3. The van der Waals surface area contributed by atoms with E-state index in [0.29, 0.717) is 22.8 Å². The first-order valence-electron chi connectivity index (χ1n) is 7.46. The van der Waals surface area contributed by atoms with Gasteiger partial charge < -0.3 is 15.2 Å². The highest BCUT2D eigenvalue weighted by Gasteiger charge is 2.39. The summed E-state index contributed by atoms with van der Waals surface area (Å²) in [6.45, 7) is 2.44. The third-order valence-electron chi connectivity index (χ3n) is 3.98. The number of likely N-dealkylation sites (tertiary alicyclic amines) is 1. The molecule has 2 N–H and O–H groups in total. The molecule has 130 valence electrons. The maximum absolute atomic E-state index is 12.8. The molecule has 1 atom stereocenters. The van der Waals surface area contributed by atoms with E-state index in [-0.39, 0.29) is 23.2 Å². The van der Waals surface area contributed by atoms with Gasteiger partial charge in [0.2, 0.25) is 5.76 Å². The van der Waals surface area contributed by atoms with Crippen LogP contribution in [0.5, 0.6) is 0 Å². The minimum atomic E-state index is -4.59. The van der Waals surface area contributed by atoms with Gasteiger partial charge in [-0.15, -0.1) is 11.3 Å². The van der Waals surface area contributed by atoms with Gasteiger partial charge in [-0.1, -0.05) is 5.16 Å². The van der Waals surface area contributed by atoms with E-state index in [1.807, 2.05) is 0 Å². The van der Waals surface area contributed by atoms with Crippen molar-refractivity contribution in [2.45, 2.75) is 32.0 Å². The number of piperidine rings is 1. The fourth-order valence-electron chi connectivity index (χ4n) is 2.76. The molecule has 2 aromatic rings. The summed E-state index contributed by atoms with van der Waals surface area (Å²) in [5, 5.41) is 3.52. The average molecular weight is 359 g/mol. The molecule has 0 aromatic carbocycles. The Kier molecular flexibility index (Phi) is 4.39. The number of rotatable bonds is 2. The molecule has 1 fully saturated rings. The Bertz CT molecular complexity index is 753. The fraction of sp³-hybridized carbons (Fsp3) is 0.467. The van der Waals surface area contributed by atoms with Crippen LogP contribution in [0.1, 0.15) is 33.8 Å². The number of thiophene rings is 1. The lowest BCUT2D eigenvalue weighted by Gasteiger charge is -2.30. The van der Waals surface area contributed by atoms with Crippen LogP contribution >= 0.6 is 11.3 Å². The minimum Gasteiger partial charge on any atom is -0.351 e. The highest BCUT2D eigenvalue weighted by molar-refractivity contribution is 7.17. The molecule has 0 aliphatic carbocycles. The molecule has 2 aromatic heterocycles. The zero-order valence-corrected chi connectivity index (χ0v) is 13.7. The lowest BCUT2D eigenvalue weighted by molar-refractivity contribution is -0.156. The fourth-order valence-corrected chi connectivity index (χ4v) is 3.77. The van der Waals surface area contributed by atoms with E-state index in [1.165, 1.54) is 6.92 Å². The molecule has 0 saturated carbocycles. The van der Waals surface area contributed by atoms with Crippen molar-refractivity contribution >= 4 is 17.2 Å². The Hall–Kier alpha value is -1.87. The van der Waals surface area contributed by atoms with Gasteiger partial charge in [-0.2, -0.15) is 13.2 Å². The number of halogens is 3. The SMILES string of the molecule is Cc1c(-c2ccc(C(=O)N3CCCC(N)C3)s2)noc1C(F)(F)F. The molecule has 0 radical (unpaired) electrons. The van der Waals surface area contributed by atoms with Gasteiger partial charge in [0.15, 0.2) is 0 Å². The van der Waals surface area contributed by atoms with Crippen LogP contribution in [0, 0.1) is 6.92 Å². The second-order valence-electron chi connectivity index (χ2n) is 5.80. The van der Waals surface area contributed by atoms with Crippen LogP contribution in [0.15, 0.2) is 16.7 Å². The van der Waals surface area contributed by atoms with Crippen LogP contribution in [0.4, 0.5) is 13.2 Å². The Morgan fingerprint density at radius 1 is 1.46 bits per heavy atom. The summed E-state index contributed by atoms with van der Waals surface area (Å²) in [6, 6.07) is 3.16. The monoisotopic (exact) mass is 359 g/mol. The molecule has 1 saturated heterocycles. The van der Waals surface area contributed by atoms with Crippen molar-refractivity contribution in [3.8, 4) is 10.6 Å². The zero-order valence-electron chi connectivity index (χ0n) is 12.9. The lowest BCUT2D eigenvalue weighted by Crippen LogP contribution is -2.45. The Balaban J connectivity index is 1.83. The van der Waals surface area contributed by atoms with Crippen LogP contribution in [0.3, 0.4) is 0 Å². The van der Waals surface area contributed by atoms with Crippen molar-refractivity contribution < 1.29 is 22.5 Å². The van der Waals surface area contributed by atoms with Crippen molar-refractivity contribution in [1.29, 1.82) is 0 Å². The van der Waals surface area contributed by atoms with E-state index in [9.17, 15) is 18.0 Å². The zero-order chi connectivity index (χ0) is 17.5. The summed E-state index contributed by atoms with van der Waals surface area (Å²) in [7, 11) is 0. The first kappa shape index (κ1) is 17.0. The van der Waals surface area contributed by atoms with Gasteiger partial charge in [0.1, 0.15) is 5.69 Å². The third-order valence-corrected chi connectivity index (χ3v) is 5.06. The van der Waals surface area contributed by atoms with Gasteiger partial charge in [-0.3, -0.25) is 4.79 Å². The lowest BCUT2D eigenvalue weighted by atomic mass is 10.1. The molecular formula is C15H16F3N3O2S. The Morgan fingerprint density at radius 2 is 2.21 bits per heavy atom. The quantitative estimate of drug-likeness (QED) is 0.893. The molecule has 3 heterocycles. The molecule has 0 bridgehead atoms. The molecule has 5 nitrogen and oxygen atoms in total. The number of carbonyl (C=O) groups excluding carboxylic acids is 1. The summed E-state index contributed by atoms with van der Waals surface area (Å²) in [4.78, 5) is 15.1. The van der Waals surface area contributed by atoms with Crippen LogP contribution in [-0.4, -0.2) is 35.1 Å². The molecule has 3 rings (SSSR count).